The Labute approximate surface area is 66.0 Å². The van der Waals surface area contributed by atoms with Crippen LogP contribution in [-0.2, 0) is 0 Å². The Morgan fingerprint density at radius 1 is 1.27 bits per heavy atom. The van der Waals surface area contributed by atoms with Crippen molar-refractivity contribution in [1.82, 2.24) is 16.2 Å². The molecule has 0 atom stereocenters. The second-order valence-corrected chi connectivity index (χ2v) is 3.53. The molecule has 1 aliphatic rings. The van der Waals surface area contributed by atoms with E-state index in [1.165, 1.54) is 0 Å². The summed E-state index contributed by atoms with van der Waals surface area (Å²) in [6.07, 6.45) is 1.68. The lowest BCUT2D eigenvalue weighted by atomic mass is 9.93. The van der Waals surface area contributed by atoms with Crippen molar-refractivity contribution in [3.8, 4) is 0 Å². The van der Waals surface area contributed by atoms with Gasteiger partial charge in [0, 0.05) is 11.6 Å². The molecule has 4 heteroatoms. The van der Waals surface area contributed by atoms with Crippen molar-refractivity contribution in [2.24, 2.45) is 5.41 Å². The highest BCUT2D eigenvalue weighted by Crippen LogP contribution is 2.21. The Bertz CT molecular complexity index is 202. The lowest BCUT2D eigenvalue weighted by molar-refractivity contribution is 0.236. The zero-order valence-electron chi connectivity index (χ0n) is 6.99. The highest BCUT2D eigenvalue weighted by atomic mass is 16.2. The SMILES string of the molecule is CC(C)(C)C1=CNC(=O)NN1. The molecule has 4 nitrogen and oxygen atoms in total. The normalized spacial score (nSPS) is 17.7. The van der Waals surface area contributed by atoms with Gasteiger partial charge < -0.3 is 5.32 Å². The number of hydrogen-bond donors (Lipinski definition) is 3. The molecule has 0 aromatic carbocycles. The van der Waals surface area contributed by atoms with E-state index in [9.17, 15) is 4.79 Å². The fraction of sp³-hybridized carbons (Fsp3) is 0.571. The predicted octanol–water partition coefficient (Wildman–Crippen LogP) is 0.691. The molecule has 1 rings (SSSR count). The number of rotatable bonds is 0. The highest BCUT2D eigenvalue weighted by Gasteiger charge is 2.20. The fourth-order valence-corrected chi connectivity index (χ4v) is 0.738. The van der Waals surface area contributed by atoms with Crippen LogP contribution in [0.25, 0.3) is 0 Å². The molecular formula is C7H13N3O. The quantitative estimate of drug-likeness (QED) is 0.482. The molecule has 0 unspecified atom stereocenters. The van der Waals surface area contributed by atoms with Crippen LogP contribution in [0.1, 0.15) is 20.8 Å². The van der Waals surface area contributed by atoms with E-state index in [1.54, 1.807) is 6.20 Å². The van der Waals surface area contributed by atoms with Crippen LogP contribution in [0.5, 0.6) is 0 Å². The molecular weight excluding hydrogens is 142 g/mol. The van der Waals surface area contributed by atoms with Crippen molar-refractivity contribution in [3.05, 3.63) is 11.9 Å². The molecule has 2 amide bonds. The van der Waals surface area contributed by atoms with E-state index in [1.807, 2.05) is 0 Å². The van der Waals surface area contributed by atoms with Gasteiger partial charge in [0.1, 0.15) is 0 Å². The molecule has 1 aliphatic heterocycles. The van der Waals surface area contributed by atoms with Gasteiger partial charge in [0.2, 0.25) is 0 Å². The standard InChI is InChI=1S/C7H13N3O/c1-7(2,3)5-4-8-6(11)10-9-5/h4,9H,1-3H3,(H2,8,10,11). The van der Waals surface area contributed by atoms with E-state index in [0.717, 1.165) is 5.70 Å². The van der Waals surface area contributed by atoms with E-state index in [-0.39, 0.29) is 11.4 Å². The molecule has 0 aromatic rings. The summed E-state index contributed by atoms with van der Waals surface area (Å²) in [6, 6.07) is -0.224. The Hall–Kier alpha value is -1.19. The summed E-state index contributed by atoms with van der Waals surface area (Å²) in [4.78, 5) is 10.6. The first kappa shape index (κ1) is 7.91. The van der Waals surface area contributed by atoms with E-state index < -0.39 is 0 Å². The Balaban J connectivity index is 2.69. The number of nitrogens with one attached hydrogen (secondary N) is 3. The van der Waals surface area contributed by atoms with E-state index >= 15 is 0 Å². The summed E-state index contributed by atoms with van der Waals surface area (Å²) in [5.74, 6) is 0. The second-order valence-electron chi connectivity index (χ2n) is 3.53. The third kappa shape index (κ3) is 1.86. The number of amides is 2. The number of hydrogen-bond acceptors (Lipinski definition) is 2. The van der Waals surface area contributed by atoms with Gasteiger partial charge in [0.25, 0.3) is 0 Å². The average molecular weight is 155 g/mol. The molecule has 0 bridgehead atoms. The second kappa shape index (κ2) is 2.45. The molecule has 0 spiro atoms. The van der Waals surface area contributed by atoms with Crippen molar-refractivity contribution in [2.75, 3.05) is 0 Å². The first-order valence-electron chi connectivity index (χ1n) is 3.53. The molecule has 0 fully saturated rings. The third-order valence-electron chi connectivity index (χ3n) is 1.47. The number of carbonyl (C=O) groups excluding carboxylic acids is 1. The first-order chi connectivity index (χ1) is 5.00. The smallest absolute Gasteiger partial charge is 0.311 e. The zero-order chi connectivity index (χ0) is 8.48. The molecule has 0 saturated carbocycles. The molecule has 11 heavy (non-hydrogen) atoms. The Kier molecular flexibility index (Phi) is 1.76. The topological polar surface area (TPSA) is 53.2 Å². The maximum Gasteiger partial charge on any atom is 0.337 e. The molecule has 0 aromatic heterocycles. The monoisotopic (exact) mass is 155 g/mol. The predicted molar refractivity (Wildman–Crippen MR) is 42.3 cm³/mol. The molecule has 3 N–H and O–H groups in total. The maximum absolute atomic E-state index is 10.6. The number of hydrazine groups is 1. The lowest BCUT2D eigenvalue weighted by Gasteiger charge is -2.27. The van der Waals surface area contributed by atoms with Crippen LogP contribution < -0.4 is 16.2 Å². The van der Waals surface area contributed by atoms with Crippen LogP contribution in [-0.4, -0.2) is 6.03 Å². The van der Waals surface area contributed by atoms with Crippen molar-refractivity contribution in [3.63, 3.8) is 0 Å². The van der Waals surface area contributed by atoms with Gasteiger partial charge in [-0.25, -0.2) is 4.79 Å². The van der Waals surface area contributed by atoms with Crippen LogP contribution >= 0.6 is 0 Å². The number of carbonyl (C=O) groups is 1. The van der Waals surface area contributed by atoms with E-state index in [2.05, 4.69) is 36.9 Å². The highest BCUT2D eigenvalue weighted by molar-refractivity contribution is 5.75. The Morgan fingerprint density at radius 2 is 1.91 bits per heavy atom. The van der Waals surface area contributed by atoms with Crippen molar-refractivity contribution in [2.45, 2.75) is 20.8 Å². The third-order valence-corrected chi connectivity index (χ3v) is 1.47. The summed E-state index contributed by atoms with van der Waals surface area (Å²) >= 11 is 0. The maximum atomic E-state index is 10.6. The lowest BCUT2D eigenvalue weighted by Crippen LogP contribution is -2.49. The van der Waals surface area contributed by atoms with Gasteiger partial charge >= 0.3 is 6.03 Å². The molecule has 0 aliphatic carbocycles. The van der Waals surface area contributed by atoms with Crippen LogP contribution in [0.3, 0.4) is 0 Å². The zero-order valence-corrected chi connectivity index (χ0v) is 6.99. The van der Waals surface area contributed by atoms with Crippen molar-refractivity contribution < 1.29 is 4.79 Å². The van der Waals surface area contributed by atoms with Gasteiger partial charge in [-0.1, -0.05) is 20.8 Å². The molecule has 0 radical (unpaired) electrons. The van der Waals surface area contributed by atoms with E-state index in [0.29, 0.717) is 0 Å². The molecule has 62 valence electrons. The molecule has 0 saturated heterocycles. The van der Waals surface area contributed by atoms with Crippen LogP contribution in [0, 0.1) is 5.41 Å². The minimum absolute atomic E-state index is 0.0285. The first-order valence-corrected chi connectivity index (χ1v) is 3.53. The van der Waals surface area contributed by atoms with Crippen LogP contribution in [0.2, 0.25) is 0 Å². The van der Waals surface area contributed by atoms with Gasteiger partial charge in [-0.05, 0) is 0 Å². The van der Waals surface area contributed by atoms with Gasteiger partial charge in [-0.3, -0.25) is 10.9 Å². The number of urea groups is 1. The minimum Gasteiger partial charge on any atom is -0.311 e. The fourth-order valence-electron chi connectivity index (χ4n) is 0.738. The summed E-state index contributed by atoms with van der Waals surface area (Å²) in [5, 5.41) is 2.56. The average Bonchev–Trinajstić information content (AvgIpc) is 1.86. The molecule has 1 heterocycles. The minimum atomic E-state index is -0.224. The van der Waals surface area contributed by atoms with Crippen molar-refractivity contribution >= 4 is 6.03 Å². The summed E-state index contributed by atoms with van der Waals surface area (Å²) in [6.45, 7) is 6.18. The van der Waals surface area contributed by atoms with Crippen LogP contribution in [0.4, 0.5) is 4.79 Å². The van der Waals surface area contributed by atoms with Gasteiger partial charge in [-0.15, -0.1) is 0 Å². The van der Waals surface area contributed by atoms with E-state index in [4.69, 9.17) is 0 Å². The van der Waals surface area contributed by atoms with Crippen molar-refractivity contribution in [1.29, 1.82) is 0 Å². The summed E-state index contributed by atoms with van der Waals surface area (Å²) < 4.78 is 0. The van der Waals surface area contributed by atoms with Crippen LogP contribution in [0.15, 0.2) is 11.9 Å². The largest absolute Gasteiger partial charge is 0.337 e. The summed E-state index contributed by atoms with van der Waals surface area (Å²) in [5.41, 5.74) is 6.28. The number of allylic oxidation sites excluding steroid dienone is 1. The van der Waals surface area contributed by atoms with Gasteiger partial charge in [0.15, 0.2) is 0 Å². The summed E-state index contributed by atoms with van der Waals surface area (Å²) in [7, 11) is 0. The van der Waals surface area contributed by atoms with Gasteiger partial charge in [-0.2, -0.15) is 0 Å². The Morgan fingerprint density at radius 3 is 2.27 bits per heavy atom. The van der Waals surface area contributed by atoms with Gasteiger partial charge in [0.05, 0.1) is 5.70 Å².